The topological polar surface area (TPSA) is 81.3 Å². The summed E-state index contributed by atoms with van der Waals surface area (Å²) in [5, 5.41) is 1.23. The molecule has 1 aliphatic rings. The monoisotopic (exact) mass is 398 g/mol. The number of carbonyl (C=O) groups is 1. The highest BCUT2D eigenvalue weighted by molar-refractivity contribution is 6.35. The molecule has 2 aromatic heterocycles. The first-order valence-corrected chi connectivity index (χ1v) is 9.69. The van der Waals surface area contributed by atoms with Gasteiger partial charge in [-0.15, -0.1) is 0 Å². The van der Waals surface area contributed by atoms with Crippen LogP contribution in [0.2, 0.25) is 5.02 Å². The number of carbonyl (C=O) groups excluding carboxylic acids is 1. The van der Waals surface area contributed by atoms with E-state index >= 15 is 0 Å². The van der Waals surface area contributed by atoms with Crippen molar-refractivity contribution in [2.75, 3.05) is 32.0 Å². The van der Waals surface area contributed by atoms with Crippen molar-refractivity contribution >= 4 is 34.1 Å². The van der Waals surface area contributed by atoms with E-state index in [0.29, 0.717) is 59.5 Å². The largest absolute Gasteiger partial charge is 0.397 e. The van der Waals surface area contributed by atoms with E-state index < -0.39 is 0 Å². The number of hydrogen-bond acceptors (Lipinski definition) is 5. The number of para-hydroxylation sites is 1. The molecule has 0 saturated carbocycles. The number of halogens is 1. The summed E-state index contributed by atoms with van der Waals surface area (Å²) in [4.78, 5) is 23.9. The maximum atomic E-state index is 13.1. The fourth-order valence-corrected chi connectivity index (χ4v) is 3.23. The lowest BCUT2D eigenvalue weighted by atomic mass is 10.0. The van der Waals surface area contributed by atoms with Gasteiger partial charge in [-0.25, -0.2) is 4.98 Å². The van der Waals surface area contributed by atoms with Crippen molar-refractivity contribution < 1.29 is 9.53 Å². The van der Waals surface area contributed by atoms with Crippen molar-refractivity contribution in [3.05, 3.63) is 53.2 Å². The van der Waals surface area contributed by atoms with Crippen molar-refractivity contribution in [2.45, 2.75) is 13.8 Å². The number of ether oxygens (including phenoxy) is 1. The van der Waals surface area contributed by atoms with Gasteiger partial charge < -0.3 is 15.4 Å². The summed E-state index contributed by atoms with van der Waals surface area (Å²) in [5.41, 5.74) is 8.65. The molecule has 1 saturated heterocycles. The number of benzene rings is 1. The number of nitrogen functional groups attached to an aromatic ring is 1. The molecule has 0 aliphatic carbocycles. The van der Waals surface area contributed by atoms with Gasteiger partial charge >= 0.3 is 0 Å². The molecule has 0 radical (unpaired) electrons. The first kappa shape index (κ1) is 20.0. The van der Waals surface area contributed by atoms with Gasteiger partial charge in [0.15, 0.2) is 0 Å². The van der Waals surface area contributed by atoms with Crippen LogP contribution >= 0.6 is 11.6 Å². The van der Waals surface area contributed by atoms with Gasteiger partial charge in [0.25, 0.3) is 5.91 Å². The van der Waals surface area contributed by atoms with Gasteiger partial charge in [0, 0.05) is 18.5 Å². The lowest BCUT2D eigenvalue weighted by Gasteiger charge is -2.27. The van der Waals surface area contributed by atoms with Gasteiger partial charge in [0.1, 0.15) is 0 Å². The predicted molar refractivity (Wildman–Crippen MR) is 112 cm³/mol. The quantitative estimate of drug-likeness (QED) is 0.704. The van der Waals surface area contributed by atoms with E-state index in [4.69, 9.17) is 22.1 Å². The molecule has 28 heavy (non-hydrogen) atoms. The van der Waals surface area contributed by atoms with Crippen molar-refractivity contribution in [2.24, 2.45) is 0 Å². The number of rotatable bonds is 2. The summed E-state index contributed by atoms with van der Waals surface area (Å²) < 4.78 is 5.35. The number of nitrogens with two attached hydrogens (primary N) is 1. The van der Waals surface area contributed by atoms with Gasteiger partial charge in [-0.3, -0.25) is 9.78 Å². The summed E-state index contributed by atoms with van der Waals surface area (Å²) in [6, 6.07) is 10.8. The Labute approximate surface area is 169 Å². The molecule has 3 heterocycles. The van der Waals surface area contributed by atoms with Crippen LogP contribution in [0, 0.1) is 0 Å². The molecule has 1 aliphatic heterocycles. The maximum absolute atomic E-state index is 13.1. The summed E-state index contributed by atoms with van der Waals surface area (Å²) in [7, 11) is 0. The van der Waals surface area contributed by atoms with E-state index in [1.165, 1.54) is 0 Å². The average Bonchev–Trinajstić information content (AvgIpc) is 2.75. The number of nitrogens with zero attached hydrogens (tertiary/aromatic N) is 3. The zero-order valence-corrected chi connectivity index (χ0v) is 16.7. The van der Waals surface area contributed by atoms with E-state index in [1.54, 1.807) is 35.4 Å². The Balaban J connectivity index is 0.00000109. The smallest absolute Gasteiger partial charge is 0.254 e. The lowest BCUT2D eigenvalue weighted by Crippen LogP contribution is -2.40. The molecule has 0 bridgehead atoms. The number of pyridine rings is 2. The zero-order chi connectivity index (χ0) is 20.1. The van der Waals surface area contributed by atoms with Crippen LogP contribution in [-0.4, -0.2) is 47.1 Å². The number of aromatic nitrogens is 2. The lowest BCUT2D eigenvalue weighted by molar-refractivity contribution is 0.0304. The SMILES string of the molecule is CC.Nc1ccc(-c2cc(C(=O)N3CCOCC3)c3cccc(Cl)c3n2)nc1. The minimum Gasteiger partial charge on any atom is -0.397 e. The Morgan fingerprint density at radius 1 is 1.14 bits per heavy atom. The van der Waals surface area contributed by atoms with E-state index in [-0.39, 0.29) is 5.91 Å². The molecule has 0 spiro atoms. The van der Waals surface area contributed by atoms with Crippen LogP contribution in [0.5, 0.6) is 0 Å². The standard InChI is InChI=1S/C19H17ClN4O2.C2H6/c20-15-3-1-2-13-14(19(25)24-6-8-26-9-7-24)10-17(23-18(13)15)16-5-4-12(21)11-22-16;1-2/h1-5,10-11H,6-9,21H2;1-2H3. The van der Waals surface area contributed by atoms with Gasteiger partial charge in [0.05, 0.1) is 52.6 Å². The van der Waals surface area contributed by atoms with Crippen LogP contribution in [-0.2, 0) is 4.74 Å². The van der Waals surface area contributed by atoms with Crippen LogP contribution in [0.15, 0.2) is 42.6 Å². The van der Waals surface area contributed by atoms with Gasteiger partial charge in [-0.1, -0.05) is 37.6 Å². The van der Waals surface area contributed by atoms with Gasteiger partial charge in [-0.2, -0.15) is 0 Å². The molecule has 146 valence electrons. The highest BCUT2D eigenvalue weighted by Crippen LogP contribution is 2.29. The predicted octanol–water partition coefficient (Wildman–Crippen LogP) is 4.03. The van der Waals surface area contributed by atoms with Crippen molar-refractivity contribution in [3.8, 4) is 11.4 Å². The van der Waals surface area contributed by atoms with E-state index in [2.05, 4.69) is 9.97 Å². The first-order valence-electron chi connectivity index (χ1n) is 9.31. The zero-order valence-electron chi connectivity index (χ0n) is 16.0. The molecule has 7 heteroatoms. The molecule has 0 atom stereocenters. The Kier molecular flexibility index (Phi) is 6.44. The number of morpholine rings is 1. The number of fused-ring (bicyclic) bond motifs is 1. The molecule has 3 aromatic rings. The minimum absolute atomic E-state index is 0.0559. The molecule has 6 nitrogen and oxygen atoms in total. The molecular weight excluding hydrogens is 376 g/mol. The van der Waals surface area contributed by atoms with Crippen molar-refractivity contribution in [1.82, 2.24) is 14.9 Å². The van der Waals surface area contributed by atoms with Crippen LogP contribution in [0.25, 0.3) is 22.3 Å². The third kappa shape index (κ3) is 4.08. The minimum atomic E-state index is -0.0559. The molecule has 2 N–H and O–H groups in total. The Morgan fingerprint density at radius 2 is 1.89 bits per heavy atom. The molecular formula is C21H23ClN4O2. The van der Waals surface area contributed by atoms with Gasteiger partial charge in [-0.05, 0) is 24.3 Å². The molecule has 0 unspecified atom stereocenters. The number of hydrogen-bond donors (Lipinski definition) is 1. The molecule has 4 rings (SSSR count). The third-order valence-corrected chi connectivity index (χ3v) is 4.67. The van der Waals surface area contributed by atoms with Crippen LogP contribution in [0.3, 0.4) is 0 Å². The van der Waals surface area contributed by atoms with E-state index in [9.17, 15) is 4.79 Å². The number of amides is 1. The summed E-state index contributed by atoms with van der Waals surface area (Å²) >= 11 is 6.36. The van der Waals surface area contributed by atoms with Crippen molar-refractivity contribution in [1.29, 1.82) is 0 Å². The molecule has 1 amide bonds. The Bertz CT molecular complexity index is 970. The van der Waals surface area contributed by atoms with Gasteiger partial charge in [0.2, 0.25) is 0 Å². The fraction of sp³-hybridized carbons (Fsp3) is 0.286. The molecule has 1 aromatic carbocycles. The average molecular weight is 399 g/mol. The maximum Gasteiger partial charge on any atom is 0.254 e. The Hall–Kier alpha value is -2.70. The van der Waals surface area contributed by atoms with Crippen LogP contribution in [0.4, 0.5) is 5.69 Å². The second-order valence-corrected chi connectivity index (χ2v) is 6.48. The molecule has 1 fully saturated rings. The van der Waals surface area contributed by atoms with Crippen LogP contribution in [0.1, 0.15) is 24.2 Å². The second kappa shape index (κ2) is 8.99. The van der Waals surface area contributed by atoms with E-state index in [0.717, 1.165) is 5.39 Å². The summed E-state index contributed by atoms with van der Waals surface area (Å²) in [5.74, 6) is -0.0559. The highest BCUT2D eigenvalue weighted by atomic mass is 35.5. The summed E-state index contributed by atoms with van der Waals surface area (Å²) in [6.07, 6.45) is 1.57. The Morgan fingerprint density at radius 3 is 2.57 bits per heavy atom. The second-order valence-electron chi connectivity index (χ2n) is 6.07. The normalized spacial score (nSPS) is 13.8. The first-order chi connectivity index (χ1) is 13.6. The van der Waals surface area contributed by atoms with E-state index in [1.807, 2.05) is 26.0 Å². The van der Waals surface area contributed by atoms with Crippen molar-refractivity contribution in [3.63, 3.8) is 0 Å². The highest BCUT2D eigenvalue weighted by Gasteiger charge is 2.22. The van der Waals surface area contributed by atoms with Crippen LogP contribution < -0.4 is 5.73 Å². The number of anilines is 1. The third-order valence-electron chi connectivity index (χ3n) is 4.37. The summed E-state index contributed by atoms with van der Waals surface area (Å²) in [6.45, 7) is 6.22. The fourth-order valence-electron chi connectivity index (χ4n) is 3.02.